The summed E-state index contributed by atoms with van der Waals surface area (Å²) in [6, 6.07) is 0. The smallest absolute Gasteiger partial charge is 0.309 e. The van der Waals surface area contributed by atoms with E-state index in [1.807, 2.05) is 11.8 Å². The summed E-state index contributed by atoms with van der Waals surface area (Å²) in [5, 5.41) is 0. The first-order valence-corrected chi connectivity index (χ1v) is 8.37. The van der Waals surface area contributed by atoms with Gasteiger partial charge in [-0.05, 0) is 45.7 Å². The van der Waals surface area contributed by atoms with Crippen LogP contribution in [-0.2, 0) is 14.3 Å². The average molecular weight is 296 g/mol. The number of carbonyl (C=O) groups excluding carboxylic acids is 2. The maximum absolute atomic E-state index is 12.3. The largest absolute Gasteiger partial charge is 0.466 e. The second kappa shape index (κ2) is 8.37. The summed E-state index contributed by atoms with van der Waals surface area (Å²) in [7, 11) is 0. The lowest BCUT2D eigenvalue weighted by atomic mass is 9.97. The Labute approximate surface area is 127 Å². The standard InChI is InChI=1S/C16H28N2O3/c1-2-21-16(20)14-7-11-17(12-8-14)13-15(19)18-9-5-3-4-6-10-18/h14H,2-13H2,1H3. The lowest BCUT2D eigenvalue weighted by Gasteiger charge is -2.32. The van der Waals surface area contributed by atoms with Crippen LogP contribution in [0.25, 0.3) is 0 Å². The number of rotatable bonds is 4. The molecule has 0 aromatic heterocycles. The third-order valence-electron chi connectivity index (χ3n) is 4.53. The molecule has 0 saturated carbocycles. The molecule has 0 aliphatic carbocycles. The number of esters is 1. The molecule has 2 heterocycles. The number of likely N-dealkylation sites (tertiary alicyclic amines) is 2. The van der Waals surface area contributed by atoms with Gasteiger partial charge in [0.05, 0.1) is 19.1 Å². The summed E-state index contributed by atoms with van der Waals surface area (Å²) in [6.07, 6.45) is 6.38. The van der Waals surface area contributed by atoms with Crippen molar-refractivity contribution in [2.24, 2.45) is 5.92 Å². The van der Waals surface area contributed by atoms with E-state index in [0.29, 0.717) is 13.2 Å². The second-order valence-electron chi connectivity index (χ2n) is 6.10. The zero-order valence-electron chi connectivity index (χ0n) is 13.2. The van der Waals surface area contributed by atoms with Gasteiger partial charge in [-0.25, -0.2) is 0 Å². The molecule has 2 rings (SSSR count). The average Bonchev–Trinajstić information content (AvgIpc) is 2.77. The molecule has 2 fully saturated rings. The molecule has 0 aromatic carbocycles. The van der Waals surface area contributed by atoms with E-state index in [9.17, 15) is 9.59 Å². The van der Waals surface area contributed by atoms with Crippen molar-refractivity contribution in [3.63, 3.8) is 0 Å². The maximum atomic E-state index is 12.3. The van der Waals surface area contributed by atoms with Crippen LogP contribution in [-0.4, -0.2) is 61.0 Å². The Bertz CT molecular complexity index is 343. The highest BCUT2D eigenvalue weighted by Gasteiger charge is 2.27. The van der Waals surface area contributed by atoms with Gasteiger partial charge in [0.2, 0.25) is 5.91 Å². The fraction of sp³-hybridized carbons (Fsp3) is 0.875. The lowest BCUT2D eigenvalue weighted by Crippen LogP contribution is -2.44. The highest BCUT2D eigenvalue weighted by molar-refractivity contribution is 5.78. The molecule has 0 aromatic rings. The lowest BCUT2D eigenvalue weighted by molar-refractivity contribution is -0.149. The summed E-state index contributed by atoms with van der Waals surface area (Å²) in [4.78, 5) is 28.2. The Morgan fingerprint density at radius 2 is 1.62 bits per heavy atom. The first kappa shape index (κ1) is 16.3. The van der Waals surface area contributed by atoms with Crippen LogP contribution in [0.4, 0.5) is 0 Å². The number of hydrogen-bond acceptors (Lipinski definition) is 4. The molecule has 0 radical (unpaired) electrons. The molecule has 21 heavy (non-hydrogen) atoms. The van der Waals surface area contributed by atoms with Crippen molar-refractivity contribution in [2.75, 3.05) is 39.3 Å². The van der Waals surface area contributed by atoms with E-state index in [0.717, 1.165) is 51.9 Å². The van der Waals surface area contributed by atoms with Crippen molar-refractivity contribution in [2.45, 2.75) is 45.4 Å². The van der Waals surface area contributed by atoms with Crippen LogP contribution >= 0.6 is 0 Å². The first-order chi connectivity index (χ1) is 10.2. The Balaban J connectivity index is 1.72. The van der Waals surface area contributed by atoms with Crippen molar-refractivity contribution in [1.29, 1.82) is 0 Å². The molecule has 120 valence electrons. The number of piperidine rings is 1. The zero-order chi connectivity index (χ0) is 15.1. The fourth-order valence-corrected chi connectivity index (χ4v) is 3.20. The van der Waals surface area contributed by atoms with Crippen LogP contribution in [0.5, 0.6) is 0 Å². The molecule has 5 nitrogen and oxygen atoms in total. The van der Waals surface area contributed by atoms with Crippen LogP contribution in [0.1, 0.15) is 45.4 Å². The third kappa shape index (κ3) is 4.99. The predicted octanol–water partition coefficient (Wildman–Crippen LogP) is 1.66. The molecule has 0 bridgehead atoms. The molecule has 2 aliphatic rings. The van der Waals surface area contributed by atoms with Crippen molar-refractivity contribution in [3.8, 4) is 0 Å². The quantitative estimate of drug-likeness (QED) is 0.740. The van der Waals surface area contributed by atoms with Crippen molar-refractivity contribution in [1.82, 2.24) is 9.80 Å². The van der Waals surface area contributed by atoms with Gasteiger partial charge in [-0.2, -0.15) is 0 Å². The molecule has 0 N–H and O–H groups in total. The van der Waals surface area contributed by atoms with Crippen molar-refractivity contribution < 1.29 is 14.3 Å². The van der Waals surface area contributed by atoms with E-state index in [4.69, 9.17) is 4.74 Å². The summed E-state index contributed by atoms with van der Waals surface area (Å²) in [6.45, 7) is 6.28. The minimum Gasteiger partial charge on any atom is -0.466 e. The van der Waals surface area contributed by atoms with Crippen molar-refractivity contribution in [3.05, 3.63) is 0 Å². The van der Waals surface area contributed by atoms with E-state index in [1.165, 1.54) is 12.8 Å². The normalized spacial score (nSPS) is 21.9. The minimum atomic E-state index is -0.0732. The number of ether oxygens (including phenoxy) is 1. The summed E-state index contributed by atoms with van der Waals surface area (Å²) in [5.41, 5.74) is 0. The molecular formula is C16H28N2O3. The number of nitrogens with zero attached hydrogens (tertiary/aromatic N) is 2. The van der Waals surface area contributed by atoms with Gasteiger partial charge >= 0.3 is 5.97 Å². The second-order valence-corrected chi connectivity index (χ2v) is 6.10. The summed E-state index contributed by atoms with van der Waals surface area (Å²) >= 11 is 0. The van der Waals surface area contributed by atoms with E-state index >= 15 is 0 Å². The van der Waals surface area contributed by atoms with E-state index < -0.39 is 0 Å². The summed E-state index contributed by atoms with van der Waals surface area (Å²) < 4.78 is 5.07. The molecule has 5 heteroatoms. The summed E-state index contributed by atoms with van der Waals surface area (Å²) in [5.74, 6) is 0.206. The Hall–Kier alpha value is -1.10. The Morgan fingerprint density at radius 3 is 2.19 bits per heavy atom. The van der Waals surface area contributed by atoms with E-state index in [1.54, 1.807) is 0 Å². The first-order valence-electron chi connectivity index (χ1n) is 8.37. The SMILES string of the molecule is CCOC(=O)C1CCN(CC(=O)N2CCCCCC2)CC1. The maximum Gasteiger partial charge on any atom is 0.309 e. The van der Waals surface area contributed by atoms with Crippen LogP contribution in [0.15, 0.2) is 0 Å². The highest BCUT2D eigenvalue weighted by Crippen LogP contribution is 2.19. The van der Waals surface area contributed by atoms with Crippen LogP contribution in [0, 0.1) is 5.92 Å². The van der Waals surface area contributed by atoms with E-state index in [2.05, 4.69) is 4.90 Å². The minimum absolute atomic E-state index is 0.0227. The monoisotopic (exact) mass is 296 g/mol. The number of hydrogen-bond donors (Lipinski definition) is 0. The van der Waals surface area contributed by atoms with Crippen LogP contribution in [0.3, 0.4) is 0 Å². The number of amides is 1. The van der Waals surface area contributed by atoms with Gasteiger partial charge in [0.15, 0.2) is 0 Å². The highest BCUT2D eigenvalue weighted by atomic mass is 16.5. The van der Waals surface area contributed by atoms with Gasteiger partial charge in [-0.1, -0.05) is 12.8 Å². The van der Waals surface area contributed by atoms with Gasteiger partial charge in [-0.15, -0.1) is 0 Å². The zero-order valence-corrected chi connectivity index (χ0v) is 13.2. The van der Waals surface area contributed by atoms with Gasteiger partial charge in [0.25, 0.3) is 0 Å². The van der Waals surface area contributed by atoms with Crippen LogP contribution < -0.4 is 0 Å². The van der Waals surface area contributed by atoms with Crippen molar-refractivity contribution >= 4 is 11.9 Å². The van der Waals surface area contributed by atoms with Gasteiger partial charge in [-0.3, -0.25) is 14.5 Å². The molecule has 0 unspecified atom stereocenters. The molecule has 2 saturated heterocycles. The number of carbonyl (C=O) groups is 2. The Morgan fingerprint density at radius 1 is 1.00 bits per heavy atom. The fourth-order valence-electron chi connectivity index (χ4n) is 3.20. The molecular weight excluding hydrogens is 268 g/mol. The van der Waals surface area contributed by atoms with Gasteiger partial charge < -0.3 is 9.64 Å². The van der Waals surface area contributed by atoms with Gasteiger partial charge in [0, 0.05) is 13.1 Å². The van der Waals surface area contributed by atoms with Gasteiger partial charge in [0.1, 0.15) is 0 Å². The van der Waals surface area contributed by atoms with E-state index in [-0.39, 0.29) is 17.8 Å². The molecule has 2 aliphatic heterocycles. The molecule has 1 amide bonds. The Kier molecular flexibility index (Phi) is 6.49. The predicted molar refractivity (Wildman–Crippen MR) is 80.8 cm³/mol. The molecule has 0 atom stereocenters. The van der Waals surface area contributed by atoms with Crippen LogP contribution in [0.2, 0.25) is 0 Å². The molecule has 0 spiro atoms. The third-order valence-corrected chi connectivity index (χ3v) is 4.53. The topological polar surface area (TPSA) is 49.9 Å².